The van der Waals surface area contributed by atoms with Crippen molar-refractivity contribution in [1.82, 2.24) is 20.2 Å². The maximum atomic E-state index is 11.4. The standard InChI is InChI=1S/C12H14Cl2N4O2S/c1-2-21(19,20)6-5-18-16-12(15-17-18)8-9-3-4-10(13)11(14)7-9/h3-4,7H,2,5-6,8H2,1H3. The Morgan fingerprint density at radius 3 is 2.67 bits per heavy atom. The number of halogens is 2. The van der Waals surface area contributed by atoms with Crippen LogP contribution in [0.2, 0.25) is 10.0 Å². The fourth-order valence-electron chi connectivity index (χ4n) is 1.64. The van der Waals surface area contributed by atoms with Gasteiger partial charge >= 0.3 is 0 Å². The van der Waals surface area contributed by atoms with Gasteiger partial charge in [0.2, 0.25) is 0 Å². The van der Waals surface area contributed by atoms with E-state index in [0.717, 1.165) is 5.56 Å². The van der Waals surface area contributed by atoms with E-state index in [-0.39, 0.29) is 18.1 Å². The van der Waals surface area contributed by atoms with Crippen molar-refractivity contribution in [3.63, 3.8) is 0 Å². The second-order valence-electron chi connectivity index (χ2n) is 4.46. The number of rotatable bonds is 6. The van der Waals surface area contributed by atoms with Gasteiger partial charge in [0, 0.05) is 12.2 Å². The Labute approximate surface area is 133 Å². The largest absolute Gasteiger partial charge is 0.229 e. The third kappa shape index (κ3) is 4.66. The molecule has 0 spiro atoms. The molecule has 2 rings (SSSR count). The quantitative estimate of drug-likeness (QED) is 0.797. The van der Waals surface area contributed by atoms with Crippen LogP contribution in [0.5, 0.6) is 0 Å². The zero-order valence-electron chi connectivity index (χ0n) is 11.3. The van der Waals surface area contributed by atoms with E-state index in [4.69, 9.17) is 23.2 Å². The van der Waals surface area contributed by atoms with E-state index >= 15 is 0 Å². The zero-order valence-corrected chi connectivity index (χ0v) is 13.7. The van der Waals surface area contributed by atoms with E-state index in [1.165, 1.54) is 4.80 Å². The number of tetrazole rings is 1. The first-order chi connectivity index (χ1) is 9.89. The predicted molar refractivity (Wildman–Crippen MR) is 81.4 cm³/mol. The number of hydrogen-bond acceptors (Lipinski definition) is 5. The lowest BCUT2D eigenvalue weighted by Gasteiger charge is -2.00. The molecule has 0 bridgehead atoms. The van der Waals surface area contributed by atoms with Crippen LogP contribution in [0.4, 0.5) is 0 Å². The predicted octanol–water partition coefficient (Wildman–Crippen LogP) is 2.01. The van der Waals surface area contributed by atoms with Gasteiger partial charge in [-0.2, -0.15) is 4.80 Å². The molecule has 0 saturated carbocycles. The van der Waals surface area contributed by atoms with Crippen LogP contribution in [0, 0.1) is 0 Å². The molecular weight excluding hydrogens is 335 g/mol. The monoisotopic (exact) mass is 348 g/mol. The molecule has 6 nitrogen and oxygen atoms in total. The van der Waals surface area contributed by atoms with Crippen molar-refractivity contribution < 1.29 is 8.42 Å². The van der Waals surface area contributed by atoms with Gasteiger partial charge in [-0.3, -0.25) is 0 Å². The molecule has 0 aliphatic carbocycles. The van der Waals surface area contributed by atoms with Crippen molar-refractivity contribution in [3.8, 4) is 0 Å². The summed E-state index contributed by atoms with van der Waals surface area (Å²) in [6.45, 7) is 1.81. The van der Waals surface area contributed by atoms with Crippen molar-refractivity contribution in [1.29, 1.82) is 0 Å². The molecule has 0 amide bonds. The molecule has 21 heavy (non-hydrogen) atoms. The van der Waals surface area contributed by atoms with Crippen LogP contribution in [0.15, 0.2) is 18.2 Å². The van der Waals surface area contributed by atoms with Crippen molar-refractivity contribution in [3.05, 3.63) is 39.6 Å². The molecule has 114 valence electrons. The Balaban J connectivity index is 2.01. The van der Waals surface area contributed by atoms with Crippen LogP contribution in [0.1, 0.15) is 18.3 Å². The van der Waals surface area contributed by atoms with Crippen LogP contribution in [0.25, 0.3) is 0 Å². The molecule has 2 aromatic rings. The van der Waals surface area contributed by atoms with Crippen LogP contribution in [-0.4, -0.2) is 40.1 Å². The highest BCUT2D eigenvalue weighted by Gasteiger charge is 2.10. The molecule has 1 heterocycles. The molecule has 1 aromatic heterocycles. The van der Waals surface area contributed by atoms with Crippen LogP contribution in [-0.2, 0) is 22.8 Å². The average molecular weight is 349 g/mol. The Kier molecular flexibility index (Phi) is 5.18. The first-order valence-electron chi connectivity index (χ1n) is 6.30. The highest BCUT2D eigenvalue weighted by molar-refractivity contribution is 7.91. The van der Waals surface area contributed by atoms with Gasteiger partial charge in [-0.25, -0.2) is 8.42 Å². The van der Waals surface area contributed by atoms with Gasteiger partial charge < -0.3 is 0 Å². The third-order valence-electron chi connectivity index (χ3n) is 2.88. The lowest BCUT2D eigenvalue weighted by Crippen LogP contribution is -2.16. The molecule has 0 fully saturated rings. The lowest BCUT2D eigenvalue weighted by atomic mass is 10.1. The topological polar surface area (TPSA) is 77.7 Å². The maximum absolute atomic E-state index is 11.4. The van der Waals surface area contributed by atoms with E-state index in [9.17, 15) is 8.42 Å². The van der Waals surface area contributed by atoms with Crippen molar-refractivity contribution >= 4 is 33.0 Å². The Morgan fingerprint density at radius 2 is 2.00 bits per heavy atom. The molecule has 1 aromatic carbocycles. The number of aromatic nitrogens is 4. The molecule has 0 aliphatic heterocycles. The number of benzene rings is 1. The van der Waals surface area contributed by atoms with Crippen molar-refractivity contribution in [2.75, 3.05) is 11.5 Å². The average Bonchev–Trinajstić information content (AvgIpc) is 2.89. The molecule has 0 aliphatic rings. The molecular formula is C12H14Cl2N4O2S. The van der Waals surface area contributed by atoms with Crippen molar-refractivity contribution in [2.24, 2.45) is 0 Å². The minimum Gasteiger partial charge on any atom is -0.229 e. The molecule has 0 saturated heterocycles. The van der Waals surface area contributed by atoms with E-state index < -0.39 is 9.84 Å². The summed E-state index contributed by atoms with van der Waals surface area (Å²) in [5, 5.41) is 12.8. The fourth-order valence-corrected chi connectivity index (χ4v) is 2.69. The normalized spacial score (nSPS) is 11.8. The summed E-state index contributed by atoms with van der Waals surface area (Å²) >= 11 is 11.8. The number of nitrogens with zero attached hydrogens (tertiary/aromatic N) is 4. The second-order valence-corrected chi connectivity index (χ2v) is 7.75. The van der Waals surface area contributed by atoms with E-state index in [0.29, 0.717) is 22.3 Å². The van der Waals surface area contributed by atoms with Crippen molar-refractivity contribution in [2.45, 2.75) is 19.9 Å². The summed E-state index contributed by atoms with van der Waals surface area (Å²) in [4.78, 5) is 1.29. The van der Waals surface area contributed by atoms with E-state index in [1.807, 2.05) is 6.07 Å². The SMILES string of the molecule is CCS(=O)(=O)CCn1nnc(Cc2ccc(Cl)c(Cl)c2)n1. The van der Waals surface area contributed by atoms with Gasteiger partial charge in [-0.1, -0.05) is 36.2 Å². The van der Waals surface area contributed by atoms with Crippen LogP contribution >= 0.6 is 23.2 Å². The Hall–Kier alpha value is -1.18. The lowest BCUT2D eigenvalue weighted by molar-refractivity contribution is 0.537. The first-order valence-corrected chi connectivity index (χ1v) is 8.88. The second kappa shape index (κ2) is 6.72. The summed E-state index contributed by atoms with van der Waals surface area (Å²) in [5.74, 6) is 0.617. The molecule has 0 N–H and O–H groups in total. The van der Waals surface area contributed by atoms with Crippen LogP contribution in [0.3, 0.4) is 0 Å². The summed E-state index contributed by atoms with van der Waals surface area (Å²) in [6, 6.07) is 5.28. The summed E-state index contributed by atoms with van der Waals surface area (Å²) < 4.78 is 22.8. The summed E-state index contributed by atoms with van der Waals surface area (Å²) in [6.07, 6.45) is 0.456. The van der Waals surface area contributed by atoms with Crippen LogP contribution < -0.4 is 0 Å². The van der Waals surface area contributed by atoms with Gasteiger partial charge in [-0.05, 0) is 22.9 Å². The van der Waals surface area contributed by atoms with Gasteiger partial charge in [0.15, 0.2) is 15.7 Å². The minimum absolute atomic E-state index is 0.00602. The Bertz CT molecular complexity index is 731. The molecule has 9 heteroatoms. The Morgan fingerprint density at radius 1 is 1.24 bits per heavy atom. The fraction of sp³-hybridized carbons (Fsp3) is 0.417. The molecule has 0 atom stereocenters. The number of sulfone groups is 1. The molecule has 0 unspecified atom stereocenters. The van der Waals surface area contributed by atoms with Gasteiger partial charge in [0.25, 0.3) is 0 Å². The molecule has 0 radical (unpaired) electrons. The van der Waals surface area contributed by atoms with Gasteiger partial charge in [0.1, 0.15) is 0 Å². The first kappa shape index (κ1) is 16.2. The highest BCUT2D eigenvalue weighted by Crippen LogP contribution is 2.23. The minimum atomic E-state index is -3.04. The zero-order chi connectivity index (χ0) is 15.5. The van der Waals surface area contributed by atoms with E-state index in [1.54, 1.807) is 19.1 Å². The highest BCUT2D eigenvalue weighted by atomic mass is 35.5. The number of hydrogen-bond donors (Lipinski definition) is 0. The summed E-state index contributed by atoms with van der Waals surface area (Å²) in [7, 11) is -3.04. The van der Waals surface area contributed by atoms with Gasteiger partial charge in [0.05, 0.1) is 22.3 Å². The maximum Gasteiger partial charge on any atom is 0.179 e. The third-order valence-corrected chi connectivity index (χ3v) is 5.31. The van der Waals surface area contributed by atoms with Gasteiger partial charge in [-0.15, -0.1) is 10.2 Å². The smallest absolute Gasteiger partial charge is 0.179 e. The number of aryl methyl sites for hydroxylation is 1. The van der Waals surface area contributed by atoms with E-state index in [2.05, 4.69) is 15.4 Å². The summed E-state index contributed by atoms with van der Waals surface area (Å²) in [5.41, 5.74) is 0.908.